The number of amides is 1. The van der Waals surface area contributed by atoms with Crippen molar-refractivity contribution >= 4 is 50.7 Å². The van der Waals surface area contributed by atoms with E-state index in [4.69, 9.17) is 23.2 Å². The van der Waals surface area contributed by atoms with E-state index in [1.165, 1.54) is 0 Å². The van der Waals surface area contributed by atoms with Crippen LogP contribution in [0.4, 0.5) is 5.69 Å². The number of benzene rings is 2. The van der Waals surface area contributed by atoms with Gasteiger partial charge in [-0.1, -0.05) is 57.3 Å². The SMILES string of the molecule is O=C1Cc2cc(C(Br)c3c(Cl)cccc3Cl)ccc2N1. The maximum atomic E-state index is 11.4. The van der Waals surface area contributed by atoms with E-state index in [-0.39, 0.29) is 10.7 Å². The van der Waals surface area contributed by atoms with E-state index < -0.39 is 0 Å². The molecule has 2 nitrogen and oxygen atoms in total. The Bertz CT molecular complexity index is 682. The van der Waals surface area contributed by atoms with Crippen molar-refractivity contribution < 1.29 is 4.79 Å². The third kappa shape index (κ3) is 2.46. The summed E-state index contributed by atoms with van der Waals surface area (Å²) in [5, 5.41) is 4.06. The highest BCUT2D eigenvalue weighted by molar-refractivity contribution is 9.09. The summed E-state index contributed by atoms with van der Waals surface area (Å²) in [7, 11) is 0. The van der Waals surface area contributed by atoms with Crippen molar-refractivity contribution in [3.63, 3.8) is 0 Å². The predicted octanol–water partition coefficient (Wildman–Crippen LogP) is 4.97. The van der Waals surface area contributed by atoms with Crippen LogP contribution in [0.15, 0.2) is 36.4 Å². The van der Waals surface area contributed by atoms with E-state index in [9.17, 15) is 4.79 Å². The van der Waals surface area contributed by atoms with Crippen molar-refractivity contribution in [1.82, 2.24) is 0 Å². The van der Waals surface area contributed by atoms with Gasteiger partial charge in [0.05, 0.1) is 11.2 Å². The van der Waals surface area contributed by atoms with Crippen molar-refractivity contribution in [3.8, 4) is 0 Å². The van der Waals surface area contributed by atoms with Gasteiger partial charge in [-0.2, -0.15) is 0 Å². The van der Waals surface area contributed by atoms with E-state index in [0.717, 1.165) is 22.4 Å². The molecule has 0 aromatic heterocycles. The van der Waals surface area contributed by atoms with Crippen LogP contribution >= 0.6 is 39.1 Å². The molecule has 0 fully saturated rings. The molecule has 0 saturated heterocycles. The minimum absolute atomic E-state index is 0.0269. The Morgan fingerprint density at radius 3 is 2.55 bits per heavy atom. The molecule has 5 heteroatoms. The molecule has 0 radical (unpaired) electrons. The number of rotatable bonds is 2. The lowest BCUT2D eigenvalue weighted by Gasteiger charge is -2.15. The van der Waals surface area contributed by atoms with Gasteiger partial charge >= 0.3 is 0 Å². The average Bonchev–Trinajstić information content (AvgIpc) is 2.77. The smallest absolute Gasteiger partial charge is 0.228 e. The first kappa shape index (κ1) is 13.9. The molecule has 0 aliphatic carbocycles. The summed E-state index contributed by atoms with van der Waals surface area (Å²) in [6, 6.07) is 11.3. The molecule has 1 heterocycles. The van der Waals surface area contributed by atoms with Crippen LogP contribution in [0.3, 0.4) is 0 Å². The molecular weight excluding hydrogens is 361 g/mol. The van der Waals surface area contributed by atoms with Crippen molar-refractivity contribution in [2.24, 2.45) is 0 Å². The minimum Gasteiger partial charge on any atom is -0.326 e. The molecule has 20 heavy (non-hydrogen) atoms. The van der Waals surface area contributed by atoms with E-state index in [0.29, 0.717) is 16.5 Å². The van der Waals surface area contributed by atoms with Gasteiger partial charge in [0.1, 0.15) is 0 Å². The third-order valence-electron chi connectivity index (χ3n) is 3.30. The first-order valence-corrected chi connectivity index (χ1v) is 7.74. The van der Waals surface area contributed by atoms with Crippen LogP contribution < -0.4 is 5.32 Å². The maximum Gasteiger partial charge on any atom is 0.228 e. The van der Waals surface area contributed by atoms with Gasteiger partial charge in [0, 0.05) is 21.3 Å². The van der Waals surface area contributed by atoms with Crippen LogP contribution in [0.2, 0.25) is 10.0 Å². The van der Waals surface area contributed by atoms with Crippen LogP contribution in [0.25, 0.3) is 0 Å². The lowest BCUT2D eigenvalue weighted by atomic mass is 10.0. The van der Waals surface area contributed by atoms with Crippen LogP contribution in [0.1, 0.15) is 21.5 Å². The van der Waals surface area contributed by atoms with Crippen LogP contribution in [-0.4, -0.2) is 5.91 Å². The van der Waals surface area contributed by atoms with Gasteiger partial charge in [-0.25, -0.2) is 0 Å². The second kappa shape index (κ2) is 5.40. The van der Waals surface area contributed by atoms with Crippen LogP contribution in [-0.2, 0) is 11.2 Å². The summed E-state index contributed by atoms with van der Waals surface area (Å²) in [5.41, 5.74) is 3.74. The maximum absolute atomic E-state index is 11.4. The largest absolute Gasteiger partial charge is 0.326 e. The lowest BCUT2D eigenvalue weighted by Crippen LogP contribution is -2.03. The fourth-order valence-electron chi connectivity index (χ4n) is 2.33. The van der Waals surface area contributed by atoms with Crippen LogP contribution in [0, 0.1) is 0 Å². The minimum atomic E-state index is -0.107. The summed E-state index contributed by atoms with van der Waals surface area (Å²) < 4.78 is 0. The summed E-state index contributed by atoms with van der Waals surface area (Å²) in [6.45, 7) is 0. The van der Waals surface area contributed by atoms with E-state index in [2.05, 4.69) is 21.2 Å². The molecular formula is C15H10BrCl2NO. The van der Waals surface area contributed by atoms with Gasteiger partial charge in [0.25, 0.3) is 0 Å². The van der Waals surface area contributed by atoms with Crippen molar-refractivity contribution in [3.05, 3.63) is 63.1 Å². The molecule has 0 spiro atoms. The zero-order valence-electron chi connectivity index (χ0n) is 10.3. The first-order chi connectivity index (χ1) is 9.56. The Balaban J connectivity index is 2.02. The van der Waals surface area contributed by atoms with Gasteiger partial charge in [0.15, 0.2) is 0 Å². The van der Waals surface area contributed by atoms with Gasteiger partial charge in [-0.05, 0) is 29.3 Å². The molecule has 1 aliphatic heterocycles. The number of fused-ring (bicyclic) bond motifs is 1. The van der Waals surface area contributed by atoms with Crippen molar-refractivity contribution in [2.45, 2.75) is 11.2 Å². The number of carbonyl (C=O) groups excluding carboxylic acids is 1. The summed E-state index contributed by atoms with van der Waals surface area (Å²) in [5.74, 6) is 0.0269. The number of hydrogen-bond donors (Lipinski definition) is 1. The average molecular weight is 371 g/mol. The second-order valence-electron chi connectivity index (χ2n) is 4.64. The van der Waals surface area contributed by atoms with Gasteiger partial charge in [-0.15, -0.1) is 0 Å². The Hall–Kier alpha value is -1.03. The molecule has 0 saturated carbocycles. The van der Waals surface area contributed by atoms with Crippen molar-refractivity contribution in [2.75, 3.05) is 5.32 Å². The Kier molecular flexibility index (Phi) is 3.76. The molecule has 1 aliphatic rings. The van der Waals surface area contributed by atoms with E-state index in [1.54, 1.807) is 0 Å². The molecule has 1 N–H and O–H groups in total. The normalized spacial score (nSPS) is 14.8. The monoisotopic (exact) mass is 369 g/mol. The lowest BCUT2D eigenvalue weighted by molar-refractivity contribution is -0.115. The molecule has 1 atom stereocenters. The summed E-state index contributed by atoms with van der Waals surface area (Å²) in [6.07, 6.45) is 0.416. The number of hydrogen-bond acceptors (Lipinski definition) is 1. The molecule has 2 aromatic rings. The standard InChI is InChI=1S/C15H10BrCl2NO/c16-15(14-10(17)2-1-3-11(14)18)8-4-5-12-9(6-8)7-13(20)19-12/h1-6,15H,7H2,(H,19,20). The Morgan fingerprint density at radius 1 is 1.15 bits per heavy atom. The number of anilines is 1. The highest BCUT2D eigenvalue weighted by Crippen LogP contribution is 2.40. The zero-order valence-corrected chi connectivity index (χ0v) is 13.4. The quantitative estimate of drug-likeness (QED) is 0.742. The summed E-state index contributed by atoms with van der Waals surface area (Å²) in [4.78, 5) is 11.3. The van der Waals surface area contributed by atoms with Gasteiger partial charge in [-0.3, -0.25) is 4.79 Å². The number of alkyl halides is 1. The van der Waals surface area contributed by atoms with E-state index >= 15 is 0 Å². The fraction of sp³-hybridized carbons (Fsp3) is 0.133. The third-order valence-corrected chi connectivity index (χ3v) is 4.95. The predicted molar refractivity (Wildman–Crippen MR) is 86.0 cm³/mol. The highest BCUT2D eigenvalue weighted by atomic mass is 79.9. The zero-order chi connectivity index (χ0) is 14.3. The molecule has 3 rings (SSSR count). The van der Waals surface area contributed by atoms with Crippen molar-refractivity contribution in [1.29, 1.82) is 0 Å². The Labute approximate surface area is 135 Å². The van der Waals surface area contributed by atoms with Crippen LogP contribution in [0.5, 0.6) is 0 Å². The number of carbonyl (C=O) groups is 1. The molecule has 2 aromatic carbocycles. The molecule has 0 bridgehead atoms. The topological polar surface area (TPSA) is 29.1 Å². The first-order valence-electron chi connectivity index (χ1n) is 6.07. The number of halogens is 3. The number of nitrogens with one attached hydrogen (secondary N) is 1. The highest BCUT2D eigenvalue weighted by Gasteiger charge is 2.22. The molecule has 1 amide bonds. The second-order valence-corrected chi connectivity index (χ2v) is 6.37. The van der Waals surface area contributed by atoms with E-state index in [1.807, 2.05) is 36.4 Å². The van der Waals surface area contributed by atoms with Gasteiger partial charge < -0.3 is 5.32 Å². The summed E-state index contributed by atoms with van der Waals surface area (Å²) >= 11 is 16.1. The molecule has 1 unspecified atom stereocenters. The molecule has 102 valence electrons. The van der Waals surface area contributed by atoms with Gasteiger partial charge in [0.2, 0.25) is 5.91 Å². The fourth-order valence-corrected chi connectivity index (χ4v) is 3.98. The Morgan fingerprint density at radius 2 is 1.85 bits per heavy atom.